The number of carbonyl (C=O) groups excluding carboxylic acids is 2. The van der Waals surface area contributed by atoms with E-state index in [1.165, 1.54) is 38.3 Å². The first-order valence-corrected chi connectivity index (χ1v) is 8.94. The molecule has 0 aliphatic rings. The van der Waals surface area contributed by atoms with Gasteiger partial charge in [0.25, 0.3) is 0 Å². The zero-order valence-corrected chi connectivity index (χ0v) is 14.0. The molecule has 0 amide bonds. The van der Waals surface area contributed by atoms with E-state index in [2.05, 4.69) is 9.82 Å². The van der Waals surface area contributed by atoms with Gasteiger partial charge < -0.3 is 14.0 Å². The van der Waals surface area contributed by atoms with Crippen LogP contribution in [0.4, 0.5) is 0 Å². The summed E-state index contributed by atoms with van der Waals surface area (Å²) < 4.78 is 26.6. The topological polar surface area (TPSA) is 90.9 Å². The third-order valence-corrected chi connectivity index (χ3v) is 4.11. The first kappa shape index (κ1) is 18.5. The van der Waals surface area contributed by atoms with Crippen LogP contribution in [0, 0.1) is 0 Å². The third kappa shape index (κ3) is 5.67. The minimum atomic E-state index is -3.83. The van der Waals surface area contributed by atoms with E-state index >= 15 is 0 Å². The van der Waals surface area contributed by atoms with Gasteiger partial charge in [-0.3, -0.25) is 4.79 Å². The highest BCUT2D eigenvalue weighted by atomic mass is 35.7. The van der Waals surface area contributed by atoms with Crippen molar-refractivity contribution < 1.29 is 28.2 Å². The molecule has 0 bridgehead atoms. The van der Waals surface area contributed by atoms with Gasteiger partial charge in [0.2, 0.25) is 0 Å². The number of carbonyl (C=O) groups is 2. The lowest BCUT2D eigenvalue weighted by molar-refractivity contribution is -0.142. The molecule has 22 heavy (non-hydrogen) atoms. The van der Waals surface area contributed by atoms with Crippen LogP contribution in [0.3, 0.4) is 0 Å². The smallest absolute Gasteiger partial charge is 0.409 e. The van der Waals surface area contributed by atoms with E-state index in [4.69, 9.17) is 20.5 Å². The maximum atomic E-state index is 12.1. The van der Waals surface area contributed by atoms with E-state index in [1.807, 2.05) is 0 Å². The molecule has 1 N–H and O–H groups in total. The van der Waals surface area contributed by atoms with Gasteiger partial charge in [-0.05, 0) is 32.0 Å². The maximum Gasteiger partial charge on any atom is 0.409 e. The molecule has 122 valence electrons. The van der Waals surface area contributed by atoms with Gasteiger partial charge in [-0.15, -0.1) is 0 Å². The van der Waals surface area contributed by atoms with Crippen LogP contribution < -0.4 is 9.61 Å². The summed E-state index contributed by atoms with van der Waals surface area (Å²) in [5.41, 5.74) is 0.233. The third-order valence-electron chi connectivity index (χ3n) is 2.47. The molecule has 0 radical (unpaired) electrons. The number of rotatable bonds is 7. The highest BCUT2D eigenvalue weighted by Gasteiger charge is 2.27. The van der Waals surface area contributed by atoms with E-state index in [1.54, 1.807) is 6.92 Å². The van der Waals surface area contributed by atoms with E-state index in [0.717, 1.165) is 0 Å². The number of ether oxygens (including phenoxy) is 2. The van der Waals surface area contributed by atoms with E-state index < -0.39 is 24.9 Å². The fourth-order valence-corrected chi connectivity index (χ4v) is 3.20. The van der Waals surface area contributed by atoms with Crippen LogP contribution in [0.5, 0.6) is 5.75 Å². The second-order valence-corrected chi connectivity index (χ2v) is 6.93. The zero-order chi connectivity index (χ0) is 16.8. The normalized spacial score (nSPS) is 14.5. The van der Waals surface area contributed by atoms with Crippen LogP contribution in [0.25, 0.3) is 0 Å². The van der Waals surface area contributed by atoms with Gasteiger partial charge in [-0.1, -0.05) is 6.07 Å². The lowest BCUT2D eigenvalue weighted by Gasteiger charge is -2.17. The Kier molecular flexibility index (Phi) is 6.87. The Balaban J connectivity index is 2.81. The molecule has 0 saturated carbocycles. The first-order chi connectivity index (χ1) is 10.3. The van der Waals surface area contributed by atoms with Crippen LogP contribution >= 0.6 is 18.1 Å². The van der Waals surface area contributed by atoms with Crippen LogP contribution in [-0.4, -0.2) is 31.7 Å². The van der Waals surface area contributed by atoms with Crippen molar-refractivity contribution in [2.24, 2.45) is 0 Å². The minimum absolute atomic E-state index is 0.105. The molecule has 0 saturated heterocycles. The van der Waals surface area contributed by atoms with Crippen LogP contribution in [0.2, 0.25) is 0 Å². The van der Waals surface area contributed by atoms with Crippen molar-refractivity contribution in [2.45, 2.75) is 19.9 Å². The molecule has 1 aromatic rings. The van der Waals surface area contributed by atoms with Crippen LogP contribution in [0.15, 0.2) is 24.3 Å². The number of esters is 2. The van der Waals surface area contributed by atoms with Crippen molar-refractivity contribution in [1.29, 1.82) is 0 Å². The molecule has 0 spiro atoms. The summed E-state index contributed by atoms with van der Waals surface area (Å²) in [6.07, 6.45) is 0. The summed E-state index contributed by atoms with van der Waals surface area (Å²) in [5.74, 6) is -1.06. The molecule has 0 aliphatic heterocycles. The largest absolute Gasteiger partial charge is 0.468 e. The molecule has 0 aliphatic carbocycles. The SMILES string of the molecule is CCOC(=O)c1cccc(OP(=O)(Cl)N[C@@H](C)C(=O)OC)c1. The highest BCUT2D eigenvalue weighted by Crippen LogP contribution is 2.48. The number of benzene rings is 1. The fraction of sp³-hybridized carbons (Fsp3) is 0.385. The van der Waals surface area contributed by atoms with Gasteiger partial charge in [0, 0.05) is 11.2 Å². The summed E-state index contributed by atoms with van der Waals surface area (Å²) >= 11 is 5.76. The first-order valence-electron chi connectivity index (χ1n) is 6.41. The fourth-order valence-electron chi connectivity index (χ4n) is 1.52. The molecular weight excluding hydrogens is 333 g/mol. The number of halogens is 1. The monoisotopic (exact) mass is 349 g/mol. The lowest BCUT2D eigenvalue weighted by Crippen LogP contribution is -2.32. The zero-order valence-electron chi connectivity index (χ0n) is 12.4. The predicted molar refractivity (Wildman–Crippen MR) is 81.1 cm³/mol. The minimum Gasteiger partial charge on any atom is -0.468 e. The molecule has 0 heterocycles. The summed E-state index contributed by atoms with van der Waals surface area (Å²) in [6, 6.07) is 4.96. The quantitative estimate of drug-likeness (QED) is 0.597. The van der Waals surface area contributed by atoms with Gasteiger partial charge in [-0.25, -0.2) is 14.4 Å². The maximum absolute atomic E-state index is 12.1. The average molecular weight is 350 g/mol. The molecule has 9 heteroatoms. The highest BCUT2D eigenvalue weighted by molar-refractivity contribution is 7.84. The van der Waals surface area contributed by atoms with E-state index in [9.17, 15) is 14.2 Å². The van der Waals surface area contributed by atoms with Crippen molar-refractivity contribution in [1.82, 2.24) is 5.09 Å². The van der Waals surface area contributed by atoms with Crippen molar-refractivity contribution >= 4 is 30.1 Å². The summed E-state index contributed by atoms with van der Waals surface area (Å²) in [7, 11) is 1.20. The molecule has 1 unspecified atom stereocenters. The Labute approximate surface area is 133 Å². The van der Waals surface area contributed by atoms with Crippen molar-refractivity contribution in [3.63, 3.8) is 0 Å². The Morgan fingerprint density at radius 2 is 2.09 bits per heavy atom. The van der Waals surface area contributed by atoms with Gasteiger partial charge >= 0.3 is 18.8 Å². The molecule has 7 nitrogen and oxygen atoms in total. The van der Waals surface area contributed by atoms with Gasteiger partial charge in [0.15, 0.2) is 0 Å². The van der Waals surface area contributed by atoms with Gasteiger partial charge in [0.05, 0.1) is 19.3 Å². The van der Waals surface area contributed by atoms with Crippen LogP contribution in [0.1, 0.15) is 24.2 Å². The second-order valence-electron chi connectivity index (χ2n) is 4.19. The van der Waals surface area contributed by atoms with Crippen molar-refractivity contribution in [3.05, 3.63) is 29.8 Å². The van der Waals surface area contributed by atoms with E-state index in [-0.39, 0.29) is 17.9 Å². The Hall–Kier alpha value is -1.56. The lowest BCUT2D eigenvalue weighted by atomic mass is 10.2. The Morgan fingerprint density at radius 3 is 2.68 bits per heavy atom. The van der Waals surface area contributed by atoms with E-state index in [0.29, 0.717) is 0 Å². The number of methoxy groups -OCH3 is 1. The van der Waals surface area contributed by atoms with Crippen molar-refractivity contribution in [3.8, 4) is 5.75 Å². The molecular formula is C13H17ClNO6P. The number of hydrogen-bond acceptors (Lipinski definition) is 6. The molecule has 2 atom stereocenters. The van der Waals surface area contributed by atoms with Crippen molar-refractivity contribution in [2.75, 3.05) is 13.7 Å². The molecule has 0 fully saturated rings. The van der Waals surface area contributed by atoms with Gasteiger partial charge in [-0.2, -0.15) is 0 Å². The summed E-state index contributed by atoms with van der Waals surface area (Å²) in [4.78, 5) is 22.9. The van der Waals surface area contributed by atoms with Gasteiger partial charge in [0.1, 0.15) is 11.8 Å². The Bertz CT molecular complexity index is 594. The summed E-state index contributed by atoms with van der Waals surface area (Å²) in [5, 5.41) is 2.34. The van der Waals surface area contributed by atoms with Crippen LogP contribution in [-0.2, 0) is 18.8 Å². The second kappa shape index (κ2) is 8.17. The number of hydrogen-bond donors (Lipinski definition) is 1. The summed E-state index contributed by atoms with van der Waals surface area (Å²) in [6.45, 7) is -0.488. The standard InChI is InChI=1S/C13H17ClNO6P/c1-4-20-13(17)10-6-5-7-11(8-10)21-22(14,18)15-9(2)12(16)19-3/h5-9H,4H2,1-3H3,(H,15,18)/t9-,22?/m0/s1. The Morgan fingerprint density at radius 1 is 1.41 bits per heavy atom. The number of nitrogens with one attached hydrogen (secondary N) is 1. The molecule has 0 aromatic heterocycles. The average Bonchev–Trinajstić information content (AvgIpc) is 2.45. The molecule has 1 rings (SSSR count). The molecule has 1 aromatic carbocycles. The predicted octanol–water partition coefficient (Wildman–Crippen LogP) is 2.74.